The van der Waals surface area contributed by atoms with Crippen LogP contribution in [-0.2, 0) is 4.79 Å². The van der Waals surface area contributed by atoms with E-state index >= 15 is 0 Å². The van der Waals surface area contributed by atoms with Crippen molar-refractivity contribution in [3.63, 3.8) is 0 Å². The van der Waals surface area contributed by atoms with Gasteiger partial charge >= 0.3 is 0 Å². The molecule has 0 heterocycles. The van der Waals surface area contributed by atoms with Crippen LogP contribution in [0.3, 0.4) is 0 Å². The third-order valence-electron chi connectivity index (χ3n) is 1.78. The lowest BCUT2D eigenvalue weighted by Crippen LogP contribution is -2.35. The normalized spacial score (nSPS) is 8.85. The number of nitrogens with one attached hydrogen (secondary N) is 1. The van der Waals surface area contributed by atoms with Gasteiger partial charge in [0.2, 0.25) is 5.91 Å². The molecule has 0 saturated heterocycles. The highest BCUT2D eigenvalue weighted by Gasteiger charge is 2.03. The highest BCUT2D eigenvalue weighted by atomic mass is 16.2. The lowest BCUT2D eigenvalue weighted by atomic mass is 10.4. The molecule has 13 heavy (non-hydrogen) atoms. The molecular weight excluding hydrogens is 164 g/mol. The zero-order valence-corrected chi connectivity index (χ0v) is 8.68. The second-order valence-corrected chi connectivity index (χ2v) is 2.76. The Morgan fingerprint density at radius 3 is 2.77 bits per heavy atom. The lowest BCUT2D eigenvalue weighted by molar-refractivity contribution is -0.128. The first-order valence-corrected chi connectivity index (χ1v) is 4.56. The number of amides is 1. The Bertz CT molecular complexity index is 203. The molecule has 0 aliphatic heterocycles. The van der Waals surface area contributed by atoms with Crippen LogP contribution in [-0.4, -0.2) is 37.5 Å². The van der Waals surface area contributed by atoms with Crippen LogP contribution in [0.1, 0.15) is 20.3 Å². The van der Waals surface area contributed by atoms with Crippen molar-refractivity contribution < 1.29 is 4.79 Å². The first kappa shape index (κ1) is 12.0. The van der Waals surface area contributed by atoms with Crippen LogP contribution < -0.4 is 5.32 Å². The average molecular weight is 182 g/mol. The molecule has 3 heteroatoms. The average Bonchev–Trinajstić information content (AvgIpc) is 2.16. The molecule has 3 nitrogen and oxygen atoms in total. The van der Waals surface area contributed by atoms with Gasteiger partial charge in [0.05, 0.1) is 6.54 Å². The van der Waals surface area contributed by atoms with E-state index in [1.54, 1.807) is 11.9 Å². The summed E-state index contributed by atoms with van der Waals surface area (Å²) in [6, 6.07) is 0. The summed E-state index contributed by atoms with van der Waals surface area (Å²) in [5, 5.41) is 3.04. The highest BCUT2D eigenvalue weighted by molar-refractivity contribution is 5.77. The van der Waals surface area contributed by atoms with Crippen molar-refractivity contribution in [3.05, 3.63) is 0 Å². The summed E-state index contributed by atoms with van der Waals surface area (Å²) >= 11 is 0. The van der Waals surface area contributed by atoms with E-state index in [4.69, 9.17) is 0 Å². The molecule has 0 aliphatic carbocycles. The van der Waals surface area contributed by atoms with Gasteiger partial charge in [-0.05, 0) is 13.8 Å². The van der Waals surface area contributed by atoms with Crippen LogP contribution in [0.2, 0.25) is 0 Å². The van der Waals surface area contributed by atoms with Crippen molar-refractivity contribution in [1.29, 1.82) is 0 Å². The van der Waals surface area contributed by atoms with Gasteiger partial charge in [-0.1, -0.05) is 0 Å². The smallest absolute Gasteiger partial charge is 0.236 e. The Kier molecular flexibility index (Phi) is 7.04. The Labute approximate surface area is 80.5 Å². The molecule has 0 aliphatic rings. The van der Waals surface area contributed by atoms with E-state index in [1.165, 1.54) is 0 Å². The maximum absolute atomic E-state index is 11.2. The topological polar surface area (TPSA) is 32.3 Å². The van der Waals surface area contributed by atoms with Crippen molar-refractivity contribution in [2.24, 2.45) is 0 Å². The molecule has 0 spiro atoms. The zero-order chi connectivity index (χ0) is 10.1. The Hall–Kier alpha value is -1.01. The molecule has 0 rings (SSSR count). The summed E-state index contributed by atoms with van der Waals surface area (Å²) < 4.78 is 0. The van der Waals surface area contributed by atoms with E-state index in [9.17, 15) is 4.79 Å². The number of rotatable bonds is 5. The van der Waals surface area contributed by atoms with E-state index in [2.05, 4.69) is 17.2 Å². The van der Waals surface area contributed by atoms with Crippen molar-refractivity contribution >= 4 is 5.91 Å². The van der Waals surface area contributed by atoms with Crippen molar-refractivity contribution in [2.75, 3.05) is 26.7 Å². The maximum Gasteiger partial charge on any atom is 0.236 e. The Morgan fingerprint density at radius 1 is 1.54 bits per heavy atom. The molecule has 0 radical (unpaired) electrons. The first-order chi connectivity index (χ1) is 6.22. The van der Waals surface area contributed by atoms with Crippen LogP contribution in [0.4, 0.5) is 0 Å². The molecular formula is C10H18N2O. The summed E-state index contributed by atoms with van der Waals surface area (Å²) in [5.74, 6) is 5.86. The fourth-order valence-corrected chi connectivity index (χ4v) is 0.783. The van der Waals surface area contributed by atoms with E-state index in [1.807, 2.05) is 13.8 Å². The van der Waals surface area contributed by atoms with Crippen LogP contribution in [0.5, 0.6) is 0 Å². The third-order valence-corrected chi connectivity index (χ3v) is 1.78. The summed E-state index contributed by atoms with van der Waals surface area (Å²) in [5.41, 5.74) is 0. The Balaban J connectivity index is 3.40. The fourth-order valence-electron chi connectivity index (χ4n) is 0.783. The molecule has 0 atom stereocenters. The van der Waals surface area contributed by atoms with Gasteiger partial charge in [0.25, 0.3) is 0 Å². The number of carbonyl (C=O) groups is 1. The molecule has 0 unspecified atom stereocenters. The van der Waals surface area contributed by atoms with Gasteiger partial charge in [0.1, 0.15) is 0 Å². The van der Waals surface area contributed by atoms with Crippen molar-refractivity contribution in [2.45, 2.75) is 20.3 Å². The Morgan fingerprint density at radius 2 is 2.23 bits per heavy atom. The molecule has 0 aromatic rings. The summed E-state index contributed by atoms with van der Waals surface area (Å²) in [6.07, 6.45) is 0.805. The van der Waals surface area contributed by atoms with Gasteiger partial charge in [-0.15, -0.1) is 11.8 Å². The van der Waals surface area contributed by atoms with E-state index in [0.29, 0.717) is 6.54 Å². The van der Waals surface area contributed by atoms with Crippen LogP contribution in [0.25, 0.3) is 0 Å². The lowest BCUT2D eigenvalue weighted by Gasteiger charge is -2.14. The maximum atomic E-state index is 11.2. The minimum Gasteiger partial charge on any atom is -0.345 e. The van der Waals surface area contributed by atoms with Gasteiger partial charge in [0, 0.05) is 26.6 Å². The third kappa shape index (κ3) is 6.18. The fraction of sp³-hybridized carbons (Fsp3) is 0.700. The monoisotopic (exact) mass is 182 g/mol. The second-order valence-electron chi connectivity index (χ2n) is 2.76. The predicted molar refractivity (Wildman–Crippen MR) is 54.2 cm³/mol. The number of nitrogens with zero attached hydrogens (tertiary/aromatic N) is 1. The predicted octanol–water partition coefficient (Wildman–Crippen LogP) is 0.468. The quantitative estimate of drug-likeness (QED) is 0.495. The van der Waals surface area contributed by atoms with Gasteiger partial charge in [0.15, 0.2) is 0 Å². The van der Waals surface area contributed by atoms with Crippen LogP contribution in [0.15, 0.2) is 0 Å². The van der Waals surface area contributed by atoms with Gasteiger partial charge in [-0.2, -0.15) is 0 Å². The largest absolute Gasteiger partial charge is 0.345 e. The minimum atomic E-state index is 0.131. The minimum absolute atomic E-state index is 0.131. The molecule has 0 aromatic heterocycles. The SMILES string of the molecule is CC#CCCNCC(=O)N(C)CC. The van der Waals surface area contributed by atoms with E-state index < -0.39 is 0 Å². The van der Waals surface area contributed by atoms with Crippen LogP contribution in [0, 0.1) is 11.8 Å². The van der Waals surface area contributed by atoms with E-state index in [0.717, 1.165) is 19.5 Å². The number of likely N-dealkylation sites (N-methyl/N-ethyl adjacent to an activating group) is 1. The van der Waals surface area contributed by atoms with Gasteiger partial charge in [-0.3, -0.25) is 4.79 Å². The molecule has 0 bridgehead atoms. The first-order valence-electron chi connectivity index (χ1n) is 4.56. The second kappa shape index (κ2) is 7.63. The molecule has 0 aromatic carbocycles. The van der Waals surface area contributed by atoms with Gasteiger partial charge in [-0.25, -0.2) is 0 Å². The van der Waals surface area contributed by atoms with E-state index in [-0.39, 0.29) is 5.91 Å². The molecule has 1 N–H and O–H groups in total. The van der Waals surface area contributed by atoms with Crippen molar-refractivity contribution in [1.82, 2.24) is 10.2 Å². The summed E-state index contributed by atoms with van der Waals surface area (Å²) in [4.78, 5) is 12.9. The number of hydrogen-bond donors (Lipinski definition) is 1. The number of hydrogen-bond acceptors (Lipinski definition) is 2. The van der Waals surface area contributed by atoms with Gasteiger partial charge < -0.3 is 10.2 Å². The number of carbonyl (C=O) groups excluding carboxylic acids is 1. The zero-order valence-electron chi connectivity index (χ0n) is 8.68. The molecule has 0 fully saturated rings. The van der Waals surface area contributed by atoms with Crippen molar-refractivity contribution in [3.8, 4) is 11.8 Å². The standard InChI is InChI=1S/C10H18N2O/c1-4-6-7-8-11-9-10(13)12(3)5-2/h11H,5,7-9H2,1-3H3. The molecule has 74 valence electrons. The molecule has 1 amide bonds. The summed E-state index contributed by atoms with van der Waals surface area (Å²) in [6.45, 7) is 5.73. The summed E-state index contributed by atoms with van der Waals surface area (Å²) in [7, 11) is 1.80. The van der Waals surface area contributed by atoms with Crippen LogP contribution >= 0.6 is 0 Å². The highest BCUT2D eigenvalue weighted by Crippen LogP contribution is 1.81. The molecule has 0 saturated carbocycles.